The second-order valence-corrected chi connectivity index (χ2v) is 10.8. The lowest BCUT2D eigenvalue weighted by atomic mass is 10.1. The van der Waals surface area contributed by atoms with Crippen molar-refractivity contribution < 1.29 is 19.1 Å². The van der Waals surface area contributed by atoms with Gasteiger partial charge in [-0.3, -0.25) is 9.59 Å². The maximum Gasteiger partial charge on any atom is 0.261 e. The molecule has 44 heavy (non-hydrogen) atoms. The van der Waals surface area contributed by atoms with Crippen LogP contribution in [-0.2, 0) is 9.59 Å². The summed E-state index contributed by atoms with van der Waals surface area (Å²) in [4.78, 5) is 25.4. The Morgan fingerprint density at radius 3 is 1.18 bits per heavy atom. The van der Waals surface area contributed by atoms with Crippen LogP contribution in [0.2, 0.25) is 0 Å². The molecule has 0 bridgehead atoms. The van der Waals surface area contributed by atoms with Crippen molar-refractivity contribution in [2.45, 2.75) is 64.6 Å². The summed E-state index contributed by atoms with van der Waals surface area (Å²) in [5, 5.41) is 6.02. The molecule has 0 aliphatic carbocycles. The molecule has 2 N–H and O–H groups in total. The zero-order valence-corrected chi connectivity index (χ0v) is 25.8. The number of carbonyl (C=O) groups excluding carboxylic acids is 2. The van der Waals surface area contributed by atoms with Crippen LogP contribution < -0.4 is 20.1 Å². The average Bonchev–Trinajstić information content (AvgIpc) is 3.08. The van der Waals surface area contributed by atoms with E-state index in [1.165, 1.54) is 0 Å². The number of nitrogens with one attached hydrogen (secondary N) is 2. The van der Waals surface area contributed by atoms with E-state index in [9.17, 15) is 9.59 Å². The Hall–Kier alpha value is -4.58. The third kappa shape index (κ3) is 10.0. The number of amides is 2. The van der Waals surface area contributed by atoms with Crippen LogP contribution in [0.1, 0.15) is 52.4 Å². The molecule has 0 saturated carbocycles. The minimum absolute atomic E-state index is 0.0905. The highest BCUT2D eigenvalue weighted by Gasteiger charge is 2.19. The van der Waals surface area contributed by atoms with Crippen molar-refractivity contribution in [2.24, 2.45) is 0 Å². The van der Waals surface area contributed by atoms with Gasteiger partial charge in [-0.2, -0.15) is 0 Å². The molecule has 0 radical (unpaired) electrons. The van der Waals surface area contributed by atoms with Gasteiger partial charge in [0.25, 0.3) is 11.8 Å². The van der Waals surface area contributed by atoms with Gasteiger partial charge in [-0.05, 0) is 72.2 Å². The summed E-state index contributed by atoms with van der Waals surface area (Å²) in [5.74, 6) is 1.19. The fourth-order valence-corrected chi connectivity index (χ4v) is 4.94. The second-order valence-electron chi connectivity index (χ2n) is 10.8. The van der Waals surface area contributed by atoms with Gasteiger partial charge >= 0.3 is 0 Å². The molecule has 0 spiro atoms. The molecule has 4 aromatic rings. The van der Waals surface area contributed by atoms with Gasteiger partial charge in [0.05, 0.1) is 0 Å². The molecular formula is C38H44N2O4. The SMILES string of the molecule is CCC(Oc1ccc(-c2ccccc2)cc1)C(=O)NCCCCCCNC(=O)C(CC)Oc1ccc(-c2ccccc2)cc1. The van der Waals surface area contributed by atoms with Crippen molar-refractivity contribution in [1.82, 2.24) is 10.6 Å². The Kier molecular flexibility index (Phi) is 12.9. The lowest BCUT2D eigenvalue weighted by molar-refractivity contribution is -0.128. The van der Waals surface area contributed by atoms with Crippen molar-refractivity contribution in [3.05, 3.63) is 109 Å². The van der Waals surface area contributed by atoms with E-state index in [-0.39, 0.29) is 11.8 Å². The molecule has 0 heterocycles. The summed E-state index contributed by atoms with van der Waals surface area (Å²) >= 11 is 0. The summed E-state index contributed by atoms with van der Waals surface area (Å²) < 4.78 is 12.0. The molecule has 230 valence electrons. The molecule has 0 saturated heterocycles. The summed E-state index contributed by atoms with van der Waals surface area (Å²) in [6.45, 7) is 5.11. The van der Waals surface area contributed by atoms with Crippen molar-refractivity contribution in [3.63, 3.8) is 0 Å². The monoisotopic (exact) mass is 592 g/mol. The Morgan fingerprint density at radius 2 is 0.841 bits per heavy atom. The molecule has 4 aromatic carbocycles. The molecule has 2 amide bonds. The van der Waals surface area contributed by atoms with E-state index in [0.29, 0.717) is 37.4 Å². The zero-order chi connectivity index (χ0) is 31.0. The highest BCUT2D eigenvalue weighted by molar-refractivity contribution is 5.81. The predicted octanol–water partition coefficient (Wildman–Crippen LogP) is 7.83. The molecule has 2 atom stereocenters. The average molecular weight is 593 g/mol. The van der Waals surface area contributed by atoms with Gasteiger partial charge in [0.2, 0.25) is 0 Å². The molecule has 6 nitrogen and oxygen atoms in total. The largest absolute Gasteiger partial charge is 0.481 e. The van der Waals surface area contributed by atoms with Crippen LogP contribution in [0.4, 0.5) is 0 Å². The van der Waals surface area contributed by atoms with Crippen molar-refractivity contribution in [2.75, 3.05) is 13.1 Å². The minimum Gasteiger partial charge on any atom is -0.481 e. The van der Waals surface area contributed by atoms with E-state index < -0.39 is 12.2 Å². The lowest BCUT2D eigenvalue weighted by Crippen LogP contribution is -2.38. The fourth-order valence-electron chi connectivity index (χ4n) is 4.94. The van der Waals surface area contributed by atoms with Crippen LogP contribution in [0.15, 0.2) is 109 Å². The number of rotatable bonds is 17. The van der Waals surface area contributed by atoms with Crippen molar-refractivity contribution in [1.29, 1.82) is 0 Å². The van der Waals surface area contributed by atoms with Crippen LogP contribution in [0, 0.1) is 0 Å². The van der Waals surface area contributed by atoms with Gasteiger partial charge in [0.1, 0.15) is 11.5 Å². The summed E-state index contributed by atoms with van der Waals surface area (Å²) in [7, 11) is 0. The fraction of sp³-hybridized carbons (Fsp3) is 0.316. The van der Waals surface area contributed by atoms with E-state index in [0.717, 1.165) is 47.9 Å². The first-order chi connectivity index (χ1) is 21.6. The molecule has 4 rings (SSSR count). The van der Waals surface area contributed by atoms with Gasteiger partial charge < -0.3 is 20.1 Å². The van der Waals surface area contributed by atoms with E-state index >= 15 is 0 Å². The highest BCUT2D eigenvalue weighted by atomic mass is 16.5. The molecule has 0 aliphatic heterocycles. The number of hydrogen-bond donors (Lipinski definition) is 2. The number of ether oxygens (including phenoxy) is 2. The van der Waals surface area contributed by atoms with Gasteiger partial charge in [0.15, 0.2) is 12.2 Å². The third-order valence-corrected chi connectivity index (χ3v) is 7.51. The number of unbranched alkanes of at least 4 members (excludes halogenated alkanes) is 3. The smallest absolute Gasteiger partial charge is 0.261 e. The second kappa shape index (κ2) is 17.5. The van der Waals surface area contributed by atoms with Crippen LogP contribution in [-0.4, -0.2) is 37.1 Å². The molecular weight excluding hydrogens is 548 g/mol. The standard InChI is InChI=1S/C38H44N2O4/c1-3-35(43-33-23-19-31(20-24-33)29-15-9-7-10-16-29)37(41)39-27-13-5-6-14-28-40-38(42)36(4-2)44-34-25-21-32(22-26-34)30-17-11-8-12-18-30/h7-12,15-26,35-36H,3-6,13-14,27-28H2,1-2H3,(H,39,41)(H,40,42). The van der Waals surface area contributed by atoms with Gasteiger partial charge in [-0.15, -0.1) is 0 Å². The maximum atomic E-state index is 12.7. The maximum absolute atomic E-state index is 12.7. The first kappa shape index (κ1) is 32.3. The Balaban J connectivity index is 1.08. The van der Waals surface area contributed by atoms with Gasteiger partial charge in [-0.1, -0.05) is 112 Å². The van der Waals surface area contributed by atoms with Crippen LogP contribution in [0.5, 0.6) is 11.5 Å². The van der Waals surface area contributed by atoms with Gasteiger partial charge in [-0.25, -0.2) is 0 Å². The van der Waals surface area contributed by atoms with Crippen LogP contribution >= 0.6 is 0 Å². The number of benzene rings is 4. The van der Waals surface area contributed by atoms with E-state index in [1.807, 2.05) is 98.8 Å². The summed E-state index contributed by atoms with van der Waals surface area (Å²) in [5.41, 5.74) is 4.51. The van der Waals surface area contributed by atoms with E-state index in [4.69, 9.17) is 9.47 Å². The summed E-state index contributed by atoms with van der Waals surface area (Å²) in [6, 6.07) is 36.0. The topological polar surface area (TPSA) is 76.7 Å². The Morgan fingerprint density at radius 1 is 0.500 bits per heavy atom. The molecule has 0 fully saturated rings. The zero-order valence-electron chi connectivity index (χ0n) is 25.8. The lowest BCUT2D eigenvalue weighted by Gasteiger charge is -2.18. The quantitative estimate of drug-likeness (QED) is 0.123. The molecule has 2 unspecified atom stereocenters. The Bertz CT molecular complexity index is 1300. The van der Waals surface area contributed by atoms with E-state index in [1.54, 1.807) is 0 Å². The summed E-state index contributed by atoms with van der Waals surface area (Å²) in [6.07, 6.45) is 3.82. The third-order valence-electron chi connectivity index (χ3n) is 7.51. The molecule has 6 heteroatoms. The molecule has 0 aromatic heterocycles. The first-order valence-electron chi connectivity index (χ1n) is 15.8. The van der Waals surface area contributed by atoms with Crippen LogP contribution in [0.25, 0.3) is 22.3 Å². The number of hydrogen-bond acceptors (Lipinski definition) is 4. The van der Waals surface area contributed by atoms with E-state index in [2.05, 4.69) is 34.9 Å². The Labute approximate surface area is 261 Å². The first-order valence-corrected chi connectivity index (χ1v) is 15.8. The van der Waals surface area contributed by atoms with Crippen LogP contribution in [0.3, 0.4) is 0 Å². The normalized spacial score (nSPS) is 12.1. The highest BCUT2D eigenvalue weighted by Crippen LogP contribution is 2.24. The van der Waals surface area contributed by atoms with Gasteiger partial charge in [0, 0.05) is 13.1 Å². The minimum atomic E-state index is -0.525. The predicted molar refractivity (Wildman–Crippen MR) is 178 cm³/mol. The number of carbonyl (C=O) groups is 2. The molecule has 0 aliphatic rings. The van der Waals surface area contributed by atoms with Crippen molar-refractivity contribution >= 4 is 11.8 Å². The van der Waals surface area contributed by atoms with Crippen molar-refractivity contribution in [3.8, 4) is 33.8 Å².